The molecule has 1 aliphatic carbocycles. The molecule has 0 unspecified atom stereocenters. The Hall–Kier alpha value is -0.610. The van der Waals surface area contributed by atoms with E-state index in [1.54, 1.807) is 0 Å². The summed E-state index contributed by atoms with van der Waals surface area (Å²) in [6.07, 6.45) is 0.921. The first kappa shape index (κ1) is 10.9. The Morgan fingerprint density at radius 1 is 1.40 bits per heavy atom. The maximum absolute atomic E-state index is 9.66. The molecule has 0 aromatic carbocycles. The van der Waals surface area contributed by atoms with Crippen molar-refractivity contribution in [3.8, 4) is 0 Å². The summed E-state index contributed by atoms with van der Waals surface area (Å²) >= 11 is 0. The van der Waals surface area contributed by atoms with E-state index < -0.39 is 12.2 Å². The van der Waals surface area contributed by atoms with E-state index in [1.165, 1.54) is 0 Å². The molecule has 86 valence electrons. The Bertz CT molecular complexity index is 263. The molecule has 2 N–H and O–H groups in total. The van der Waals surface area contributed by atoms with E-state index in [4.69, 9.17) is 4.84 Å². The Morgan fingerprint density at radius 3 is 2.67 bits per heavy atom. The van der Waals surface area contributed by atoms with Crippen molar-refractivity contribution in [3.63, 3.8) is 0 Å². The summed E-state index contributed by atoms with van der Waals surface area (Å²) in [6, 6.07) is 0. The fourth-order valence-corrected chi connectivity index (χ4v) is 2.69. The van der Waals surface area contributed by atoms with Gasteiger partial charge in [-0.05, 0) is 19.3 Å². The van der Waals surface area contributed by atoms with E-state index in [1.807, 2.05) is 0 Å². The van der Waals surface area contributed by atoms with Gasteiger partial charge in [0.25, 0.3) is 0 Å². The Balaban J connectivity index is 2.11. The number of hydrogen-bond acceptors (Lipinski definition) is 4. The fraction of sp³-hybridized carbons (Fsp3) is 0.909. The van der Waals surface area contributed by atoms with E-state index in [9.17, 15) is 10.2 Å². The average Bonchev–Trinajstić information content (AvgIpc) is 2.74. The Labute approximate surface area is 89.9 Å². The van der Waals surface area contributed by atoms with Crippen LogP contribution in [0.4, 0.5) is 0 Å². The molecule has 4 nitrogen and oxygen atoms in total. The van der Waals surface area contributed by atoms with Crippen LogP contribution >= 0.6 is 0 Å². The van der Waals surface area contributed by atoms with Crippen molar-refractivity contribution in [2.45, 2.75) is 51.4 Å². The van der Waals surface area contributed by atoms with Gasteiger partial charge in [-0.25, -0.2) is 0 Å². The molecule has 0 saturated heterocycles. The molecule has 1 saturated carbocycles. The van der Waals surface area contributed by atoms with E-state index in [0.717, 1.165) is 18.6 Å². The van der Waals surface area contributed by atoms with E-state index in [0.29, 0.717) is 12.3 Å². The fourth-order valence-electron chi connectivity index (χ4n) is 2.69. The lowest BCUT2D eigenvalue weighted by atomic mass is 9.86. The van der Waals surface area contributed by atoms with Crippen molar-refractivity contribution in [3.05, 3.63) is 0 Å². The maximum Gasteiger partial charge on any atom is 0.164 e. The van der Waals surface area contributed by atoms with Crippen LogP contribution in [0.1, 0.15) is 33.1 Å². The Kier molecular flexibility index (Phi) is 2.98. The highest BCUT2D eigenvalue weighted by Crippen LogP contribution is 2.38. The second-order valence-electron chi connectivity index (χ2n) is 4.50. The molecule has 4 atom stereocenters. The van der Waals surface area contributed by atoms with E-state index in [2.05, 4.69) is 19.0 Å². The lowest BCUT2D eigenvalue weighted by Crippen LogP contribution is -2.31. The van der Waals surface area contributed by atoms with Crippen molar-refractivity contribution in [1.29, 1.82) is 0 Å². The van der Waals surface area contributed by atoms with E-state index >= 15 is 0 Å². The molecule has 0 spiro atoms. The third-order valence-electron chi connectivity index (χ3n) is 3.69. The van der Waals surface area contributed by atoms with Gasteiger partial charge in [0.1, 0.15) is 6.10 Å². The summed E-state index contributed by atoms with van der Waals surface area (Å²) < 4.78 is 0. The number of aliphatic hydroxyl groups excluding tert-OH is 2. The van der Waals surface area contributed by atoms with Crippen molar-refractivity contribution in [2.24, 2.45) is 17.0 Å². The van der Waals surface area contributed by atoms with Crippen molar-refractivity contribution in [1.82, 2.24) is 0 Å². The normalized spacial score (nSPS) is 39.1. The van der Waals surface area contributed by atoms with Gasteiger partial charge in [-0.15, -0.1) is 0 Å². The third-order valence-corrected chi connectivity index (χ3v) is 3.69. The van der Waals surface area contributed by atoms with Crippen LogP contribution in [0.3, 0.4) is 0 Å². The summed E-state index contributed by atoms with van der Waals surface area (Å²) in [7, 11) is 0. The molecule has 15 heavy (non-hydrogen) atoms. The predicted molar refractivity (Wildman–Crippen MR) is 56.5 cm³/mol. The zero-order valence-electron chi connectivity index (χ0n) is 9.26. The van der Waals surface area contributed by atoms with Gasteiger partial charge in [0.05, 0.1) is 11.8 Å². The largest absolute Gasteiger partial charge is 0.390 e. The summed E-state index contributed by atoms with van der Waals surface area (Å²) in [4.78, 5) is 5.23. The van der Waals surface area contributed by atoms with Crippen LogP contribution in [0.2, 0.25) is 0 Å². The molecule has 0 aromatic rings. The predicted octanol–water partition coefficient (Wildman–Crippen LogP) is 0.919. The molecule has 0 radical (unpaired) electrons. The number of nitrogens with zero attached hydrogens (tertiary/aromatic N) is 1. The van der Waals surface area contributed by atoms with Gasteiger partial charge in [-0.1, -0.05) is 19.0 Å². The highest BCUT2D eigenvalue weighted by Gasteiger charge is 2.50. The lowest BCUT2D eigenvalue weighted by Gasteiger charge is -2.16. The molecular weight excluding hydrogens is 194 g/mol. The van der Waals surface area contributed by atoms with Gasteiger partial charge in [-0.3, -0.25) is 0 Å². The van der Waals surface area contributed by atoms with Gasteiger partial charge >= 0.3 is 0 Å². The first-order chi connectivity index (χ1) is 7.19. The zero-order valence-corrected chi connectivity index (χ0v) is 9.26. The summed E-state index contributed by atoms with van der Waals surface area (Å²) in [5.41, 5.74) is 1.04. The molecule has 1 fully saturated rings. The SMILES string of the molecule is CCC(CC)C1=NO[C@@H]2[C@@H](O)[C@@H](O)C[C@H]12. The number of oxime groups is 1. The molecule has 0 aromatic heterocycles. The Morgan fingerprint density at radius 2 is 2.07 bits per heavy atom. The van der Waals surface area contributed by atoms with Crippen molar-refractivity contribution >= 4 is 5.71 Å². The van der Waals surface area contributed by atoms with Crippen LogP contribution in [0.15, 0.2) is 5.16 Å². The highest BCUT2D eigenvalue weighted by molar-refractivity contribution is 5.90. The number of aliphatic hydroxyl groups is 2. The standard InChI is InChI=1S/C11H19NO3/c1-3-6(4-2)9-7-5-8(13)10(14)11(7)15-12-9/h6-8,10-11,13-14H,3-5H2,1-2H3/t7-,8+,10+,11+/m1/s1. The van der Waals surface area contributed by atoms with Crippen molar-refractivity contribution < 1.29 is 15.1 Å². The minimum Gasteiger partial charge on any atom is -0.390 e. The summed E-state index contributed by atoms with van der Waals surface area (Å²) in [5, 5.41) is 23.3. The smallest absolute Gasteiger partial charge is 0.164 e. The molecule has 4 heteroatoms. The highest BCUT2D eigenvalue weighted by atomic mass is 16.7. The minimum atomic E-state index is -0.773. The molecule has 2 rings (SSSR count). The first-order valence-corrected chi connectivity index (χ1v) is 5.78. The molecule has 1 aliphatic heterocycles. The monoisotopic (exact) mass is 213 g/mol. The van der Waals surface area contributed by atoms with Crippen LogP contribution in [0.5, 0.6) is 0 Å². The minimum absolute atomic E-state index is 0.125. The van der Waals surface area contributed by atoms with Crippen LogP contribution in [0, 0.1) is 11.8 Å². The van der Waals surface area contributed by atoms with Crippen LogP contribution < -0.4 is 0 Å². The van der Waals surface area contributed by atoms with Gasteiger partial charge < -0.3 is 15.1 Å². The number of fused-ring (bicyclic) bond motifs is 1. The molecule has 1 heterocycles. The lowest BCUT2D eigenvalue weighted by molar-refractivity contribution is -0.0488. The van der Waals surface area contributed by atoms with Crippen LogP contribution in [0.25, 0.3) is 0 Å². The summed E-state index contributed by atoms with van der Waals surface area (Å²) in [5.74, 6) is 0.553. The average molecular weight is 213 g/mol. The number of rotatable bonds is 3. The second kappa shape index (κ2) is 4.10. The van der Waals surface area contributed by atoms with Crippen LogP contribution in [-0.2, 0) is 4.84 Å². The molecular formula is C11H19NO3. The zero-order chi connectivity index (χ0) is 11.0. The first-order valence-electron chi connectivity index (χ1n) is 5.78. The maximum atomic E-state index is 9.66. The molecule has 0 amide bonds. The van der Waals surface area contributed by atoms with Crippen molar-refractivity contribution in [2.75, 3.05) is 0 Å². The van der Waals surface area contributed by atoms with Crippen LogP contribution in [-0.4, -0.2) is 34.2 Å². The third kappa shape index (κ3) is 1.66. The van der Waals surface area contributed by atoms with Gasteiger partial charge in [-0.2, -0.15) is 0 Å². The van der Waals surface area contributed by atoms with Gasteiger partial charge in [0.2, 0.25) is 0 Å². The quantitative estimate of drug-likeness (QED) is 0.732. The van der Waals surface area contributed by atoms with E-state index in [-0.39, 0.29) is 12.0 Å². The van der Waals surface area contributed by atoms with Gasteiger partial charge in [0, 0.05) is 11.8 Å². The summed E-state index contributed by atoms with van der Waals surface area (Å²) in [6.45, 7) is 4.26. The second-order valence-corrected chi connectivity index (χ2v) is 4.50. The molecule has 2 aliphatic rings. The van der Waals surface area contributed by atoms with Gasteiger partial charge in [0.15, 0.2) is 6.10 Å². The topological polar surface area (TPSA) is 62.0 Å². The molecule has 0 bridgehead atoms. The number of hydrogen-bond donors (Lipinski definition) is 2.